The standard InChI is InChI=1S/C24H27FO5/c1-17-2-4-20(5-3-17)30-21-13-18(12-19(25)14-21)24-8-6-23(7-9-24,16-29-24)10-11-28-15-22(26)27/h2-5,12-14H,6-11,15-16H2,1H3,(H,26,27). The average Bonchev–Trinajstić information content (AvgIpc) is 2.74. The SMILES string of the molecule is Cc1ccc(Oc2cc(F)cc(C34CCC(CCOCC(=O)O)(CC3)CO4)c2)cc1. The van der Waals surface area contributed by atoms with E-state index in [-0.39, 0.29) is 17.8 Å². The van der Waals surface area contributed by atoms with E-state index in [1.54, 1.807) is 6.07 Å². The number of halogens is 1. The van der Waals surface area contributed by atoms with Gasteiger partial charge < -0.3 is 19.3 Å². The first kappa shape index (κ1) is 20.8. The van der Waals surface area contributed by atoms with Crippen LogP contribution in [0.2, 0.25) is 0 Å². The molecule has 0 unspecified atom stereocenters. The molecule has 2 bridgehead atoms. The number of carboxylic acids is 1. The molecule has 1 aliphatic carbocycles. The fourth-order valence-corrected chi connectivity index (χ4v) is 4.53. The molecule has 5 nitrogen and oxygen atoms in total. The maximum Gasteiger partial charge on any atom is 0.329 e. The van der Waals surface area contributed by atoms with Gasteiger partial charge in [0.15, 0.2) is 0 Å². The van der Waals surface area contributed by atoms with E-state index in [4.69, 9.17) is 19.3 Å². The van der Waals surface area contributed by atoms with Crippen molar-refractivity contribution < 1.29 is 28.5 Å². The minimum absolute atomic E-state index is 0.0226. The summed E-state index contributed by atoms with van der Waals surface area (Å²) in [6, 6.07) is 12.5. The maximum atomic E-state index is 14.4. The number of ether oxygens (including phenoxy) is 3. The summed E-state index contributed by atoms with van der Waals surface area (Å²) < 4.78 is 31.8. The molecule has 0 spiro atoms. The number of carboxylic acid groups (broad SMARTS) is 1. The third kappa shape index (κ3) is 4.50. The van der Waals surface area contributed by atoms with Gasteiger partial charge in [-0.15, -0.1) is 0 Å². The van der Waals surface area contributed by atoms with E-state index < -0.39 is 11.6 Å². The number of benzene rings is 2. The molecule has 5 rings (SSSR count). The summed E-state index contributed by atoms with van der Waals surface area (Å²) in [5.74, 6) is -0.151. The fourth-order valence-electron chi connectivity index (χ4n) is 4.53. The molecule has 30 heavy (non-hydrogen) atoms. The smallest absolute Gasteiger partial charge is 0.329 e. The summed E-state index contributed by atoms with van der Waals surface area (Å²) in [5, 5.41) is 8.70. The van der Waals surface area contributed by atoms with Crippen LogP contribution < -0.4 is 4.74 Å². The van der Waals surface area contributed by atoms with Crippen molar-refractivity contribution in [2.75, 3.05) is 19.8 Å². The number of aliphatic carboxylic acids is 1. The Hall–Kier alpha value is -2.44. The third-order valence-corrected chi connectivity index (χ3v) is 6.43. The number of carbonyl (C=O) groups is 1. The molecular formula is C24H27FO5. The molecule has 160 valence electrons. The second-order valence-corrected chi connectivity index (χ2v) is 8.57. The summed E-state index contributed by atoms with van der Waals surface area (Å²) in [7, 11) is 0. The summed E-state index contributed by atoms with van der Waals surface area (Å²) >= 11 is 0. The lowest BCUT2D eigenvalue weighted by Crippen LogP contribution is -2.49. The van der Waals surface area contributed by atoms with Crippen LogP contribution in [0.3, 0.4) is 0 Å². The van der Waals surface area contributed by atoms with Crippen LogP contribution >= 0.6 is 0 Å². The van der Waals surface area contributed by atoms with Crippen molar-refractivity contribution in [3.05, 3.63) is 59.4 Å². The van der Waals surface area contributed by atoms with Crippen LogP contribution in [0.15, 0.2) is 42.5 Å². The van der Waals surface area contributed by atoms with Crippen molar-refractivity contribution in [2.24, 2.45) is 5.41 Å². The molecule has 0 amide bonds. The Balaban J connectivity index is 1.44. The Bertz CT molecular complexity index is 884. The first-order chi connectivity index (χ1) is 14.4. The highest BCUT2D eigenvalue weighted by molar-refractivity contribution is 5.67. The largest absolute Gasteiger partial charge is 0.480 e. The van der Waals surface area contributed by atoms with E-state index in [9.17, 15) is 9.18 Å². The van der Waals surface area contributed by atoms with Crippen LogP contribution in [-0.2, 0) is 19.9 Å². The molecule has 2 aromatic rings. The summed E-state index contributed by atoms with van der Waals surface area (Å²) in [6.07, 6.45) is 4.29. The van der Waals surface area contributed by atoms with Crippen molar-refractivity contribution in [1.82, 2.24) is 0 Å². The Morgan fingerprint density at radius 1 is 1.10 bits per heavy atom. The quantitative estimate of drug-likeness (QED) is 0.601. The van der Waals surface area contributed by atoms with E-state index in [1.807, 2.05) is 37.3 Å². The number of fused-ring (bicyclic) bond motifs is 3. The van der Waals surface area contributed by atoms with Crippen molar-refractivity contribution >= 4 is 5.97 Å². The second kappa shape index (κ2) is 8.36. The van der Waals surface area contributed by atoms with Crippen molar-refractivity contribution in [3.8, 4) is 11.5 Å². The molecule has 0 radical (unpaired) electrons. The summed E-state index contributed by atoms with van der Waals surface area (Å²) in [6.45, 7) is 2.73. The monoisotopic (exact) mass is 414 g/mol. The Kier molecular flexibility index (Phi) is 5.80. The predicted molar refractivity (Wildman–Crippen MR) is 109 cm³/mol. The first-order valence-electron chi connectivity index (χ1n) is 10.4. The van der Waals surface area contributed by atoms with E-state index in [0.29, 0.717) is 24.7 Å². The molecule has 1 saturated carbocycles. The third-order valence-electron chi connectivity index (χ3n) is 6.43. The molecule has 3 fully saturated rings. The predicted octanol–water partition coefficient (Wildman–Crippen LogP) is 5.20. The number of aryl methyl sites for hydroxylation is 1. The molecule has 2 heterocycles. The lowest BCUT2D eigenvalue weighted by atomic mass is 9.63. The zero-order valence-corrected chi connectivity index (χ0v) is 17.2. The Labute approximate surface area is 175 Å². The molecule has 2 aliphatic heterocycles. The van der Waals surface area contributed by atoms with Gasteiger partial charge in [0, 0.05) is 12.7 Å². The van der Waals surface area contributed by atoms with Gasteiger partial charge in [0.1, 0.15) is 23.9 Å². The van der Waals surface area contributed by atoms with Gasteiger partial charge in [-0.2, -0.15) is 0 Å². The fraction of sp³-hybridized carbons (Fsp3) is 0.458. The zero-order chi connectivity index (χ0) is 21.2. The van der Waals surface area contributed by atoms with Crippen molar-refractivity contribution in [1.29, 1.82) is 0 Å². The molecule has 0 atom stereocenters. The minimum atomic E-state index is -0.954. The lowest BCUT2D eigenvalue weighted by Gasteiger charge is -2.53. The van der Waals surface area contributed by atoms with Gasteiger partial charge in [0.05, 0.1) is 12.2 Å². The maximum absolute atomic E-state index is 14.4. The van der Waals surface area contributed by atoms with E-state index in [2.05, 4.69) is 0 Å². The average molecular weight is 414 g/mol. The number of hydrogen-bond acceptors (Lipinski definition) is 4. The lowest BCUT2D eigenvalue weighted by molar-refractivity contribution is -0.194. The summed E-state index contributed by atoms with van der Waals surface area (Å²) in [4.78, 5) is 10.6. The molecule has 2 aromatic carbocycles. The second-order valence-electron chi connectivity index (χ2n) is 8.57. The zero-order valence-electron chi connectivity index (χ0n) is 17.2. The number of rotatable bonds is 8. The topological polar surface area (TPSA) is 65.0 Å². The molecular weight excluding hydrogens is 387 g/mol. The van der Waals surface area contributed by atoms with Crippen LogP contribution in [0, 0.1) is 18.2 Å². The van der Waals surface area contributed by atoms with Gasteiger partial charge in [-0.3, -0.25) is 0 Å². The van der Waals surface area contributed by atoms with Crippen LogP contribution in [0.25, 0.3) is 0 Å². The molecule has 2 saturated heterocycles. The highest BCUT2D eigenvalue weighted by Gasteiger charge is 2.50. The van der Waals surface area contributed by atoms with Gasteiger partial charge >= 0.3 is 5.97 Å². The van der Waals surface area contributed by atoms with Gasteiger partial charge in [0.25, 0.3) is 0 Å². The number of hydrogen-bond donors (Lipinski definition) is 1. The van der Waals surface area contributed by atoms with Crippen LogP contribution in [0.4, 0.5) is 4.39 Å². The Morgan fingerprint density at radius 3 is 2.47 bits per heavy atom. The normalized spacial score (nSPS) is 25.3. The first-order valence-corrected chi connectivity index (χ1v) is 10.4. The summed E-state index contributed by atoms with van der Waals surface area (Å²) in [5.41, 5.74) is 1.49. The van der Waals surface area contributed by atoms with Gasteiger partial charge in [-0.1, -0.05) is 17.7 Å². The molecule has 3 aliphatic rings. The molecule has 6 heteroatoms. The highest BCUT2D eigenvalue weighted by atomic mass is 19.1. The highest BCUT2D eigenvalue weighted by Crippen LogP contribution is 2.55. The van der Waals surface area contributed by atoms with Crippen LogP contribution in [0.5, 0.6) is 11.5 Å². The van der Waals surface area contributed by atoms with Crippen LogP contribution in [-0.4, -0.2) is 30.9 Å². The van der Waals surface area contributed by atoms with Crippen molar-refractivity contribution in [2.45, 2.75) is 44.6 Å². The minimum Gasteiger partial charge on any atom is -0.480 e. The van der Waals surface area contributed by atoms with E-state index in [1.165, 1.54) is 6.07 Å². The van der Waals surface area contributed by atoms with E-state index in [0.717, 1.165) is 43.2 Å². The van der Waals surface area contributed by atoms with Gasteiger partial charge in [-0.05, 0) is 74.3 Å². The molecule has 0 aromatic heterocycles. The molecule has 1 N–H and O–H groups in total. The van der Waals surface area contributed by atoms with Gasteiger partial charge in [0.2, 0.25) is 0 Å². The van der Waals surface area contributed by atoms with Gasteiger partial charge in [-0.25, -0.2) is 9.18 Å². The van der Waals surface area contributed by atoms with Crippen molar-refractivity contribution in [3.63, 3.8) is 0 Å². The Morgan fingerprint density at radius 2 is 1.83 bits per heavy atom. The van der Waals surface area contributed by atoms with E-state index >= 15 is 0 Å². The van der Waals surface area contributed by atoms with Crippen LogP contribution in [0.1, 0.15) is 43.2 Å².